The maximum Gasteiger partial charge on any atom is 0.229 e. The number of rotatable bonds is 4. The number of anilines is 1. The summed E-state index contributed by atoms with van der Waals surface area (Å²) in [5, 5.41) is 2.26. The summed E-state index contributed by atoms with van der Waals surface area (Å²) < 4.78 is 5.95. The van der Waals surface area contributed by atoms with Crippen LogP contribution < -0.4 is 4.90 Å². The third kappa shape index (κ3) is 3.11. The zero-order chi connectivity index (χ0) is 17.9. The molecule has 1 atom stereocenters. The van der Waals surface area contributed by atoms with E-state index >= 15 is 0 Å². The van der Waals surface area contributed by atoms with Crippen LogP contribution in [0.3, 0.4) is 0 Å². The third-order valence-corrected chi connectivity index (χ3v) is 5.13. The average Bonchev–Trinajstić information content (AvgIpc) is 2.69. The number of carbonyl (C=O) groups is 1. The second-order valence-corrected chi connectivity index (χ2v) is 6.65. The third-order valence-electron chi connectivity index (χ3n) is 5.13. The molecule has 3 aromatic carbocycles. The lowest BCUT2D eigenvalue weighted by molar-refractivity contribution is -0.121. The fourth-order valence-corrected chi connectivity index (χ4v) is 3.84. The summed E-state index contributed by atoms with van der Waals surface area (Å²) >= 11 is 0. The highest BCUT2D eigenvalue weighted by molar-refractivity contribution is 6.03. The second kappa shape index (κ2) is 7.30. The predicted molar refractivity (Wildman–Crippen MR) is 105 cm³/mol. The number of ether oxygens (including phenoxy) is 1. The van der Waals surface area contributed by atoms with Crippen molar-refractivity contribution in [2.75, 3.05) is 18.1 Å². The van der Waals surface area contributed by atoms with E-state index in [1.807, 2.05) is 42.2 Å². The Morgan fingerprint density at radius 3 is 2.69 bits per heavy atom. The van der Waals surface area contributed by atoms with Crippen LogP contribution in [0, 0.1) is 0 Å². The van der Waals surface area contributed by atoms with Crippen molar-refractivity contribution in [1.29, 1.82) is 0 Å². The highest BCUT2D eigenvalue weighted by atomic mass is 16.5. The Hall–Kier alpha value is -2.65. The molecule has 3 heteroatoms. The fraction of sp³-hybridized carbons (Fsp3) is 0.261. The number of hydrogen-bond donors (Lipinski definition) is 0. The van der Waals surface area contributed by atoms with Crippen molar-refractivity contribution in [2.45, 2.75) is 25.9 Å². The van der Waals surface area contributed by atoms with Crippen LogP contribution in [0.5, 0.6) is 0 Å². The maximum absolute atomic E-state index is 13.1. The highest BCUT2D eigenvalue weighted by Crippen LogP contribution is 2.32. The topological polar surface area (TPSA) is 29.5 Å². The van der Waals surface area contributed by atoms with E-state index in [0.717, 1.165) is 28.4 Å². The lowest BCUT2D eigenvalue weighted by Crippen LogP contribution is -2.33. The van der Waals surface area contributed by atoms with Crippen molar-refractivity contribution in [1.82, 2.24) is 0 Å². The van der Waals surface area contributed by atoms with E-state index in [-0.39, 0.29) is 12.0 Å². The van der Waals surface area contributed by atoms with E-state index in [2.05, 4.69) is 36.4 Å². The van der Waals surface area contributed by atoms with E-state index in [0.29, 0.717) is 19.6 Å². The van der Waals surface area contributed by atoms with Gasteiger partial charge in [0.05, 0.1) is 24.8 Å². The molecule has 0 radical (unpaired) electrons. The Morgan fingerprint density at radius 2 is 1.81 bits per heavy atom. The first-order chi connectivity index (χ1) is 12.8. The molecular weight excluding hydrogens is 322 g/mol. The molecule has 0 bridgehead atoms. The SMILES string of the molecule is CCN(C(=O)CC1OCCc2ccccc21)c1cccc2ccccc12. The Morgan fingerprint density at radius 1 is 1.04 bits per heavy atom. The molecule has 1 unspecified atom stereocenters. The van der Waals surface area contributed by atoms with Gasteiger partial charge in [0.1, 0.15) is 0 Å². The molecule has 0 N–H and O–H groups in total. The van der Waals surface area contributed by atoms with E-state index < -0.39 is 0 Å². The summed E-state index contributed by atoms with van der Waals surface area (Å²) in [6.45, 7) is 3.34. The van der Waals surface area contributed by atoms with Crippen LogP contribution in [0.4, 0.5) is 5.69 Å². The van der Waals surface area contributed by atoms with Crippen molar-refractivity contribution >= 4 is 22.4 Å². The van der Waals surface area contributed by atoms with Crippen LogP contribution in [-0.4, -0.2) is 19.1 Å². The first-order valence-electron chi connectivity index (χ1n) is 9.25. The molecular formula is C23H23NO2. The molecule has 4 rings (SSSR count). The maximum atomic E-state index is 13.1. The molecule has 26 heavy (non-hydrogen) atoms. The van der Waals surface area contributed by atoms with Gasteiger partial charge in [-0.05, 0) is 35.9 Å². The summed E-state index contributed by atoms with van der Waals surface area (Å²) in [5.41, 5.74) is 3.42. The molecule has 0 saturated carbocycles. The van der Waals surface area contributed by atoms with Crippen molar-refractivity contribution in [3.05, 3.63) is 77.9 Å². The molecule has 0 aromatic heterocycles. The summed E-state index contributed by atoms with van der Waals surface area (Å²) in [6.07, 6.45) is 1.13. The molecule has 3 nitrogen and oxygen atoms in total. The molecule has 0 saturated heterocycles. The number of benzene rings is 3. The molecule has 1 aliphatic heterocycles. The highest BCUT2D eigenvalue weighted by Gasteiger charge is 2.26. The first-order valence-corrected chi connectivity index (χ1v) is 9.25. The van der Waals surface area contributed by atoms with Gasteiger partial charge in [-0.3, -0.25) is 4.79 Å². The molecule has 1 heterocycles. The minimum absolute atomic E-state index is 0.102. The van der Waals surface area contributed by atoms with Gasteiger partial charge in [0.15, 0.2) is 0 Å². The van der Waals surface area contributed by atoms with Crippen LogP contribution >= 0.6 is 0 Å². The molecule has 0 aliphatic carbocycles. The first kappa shape index (κ1) is 16.8. The van der Waals surface area contributed by atoms with Crippen LogP contribution in [0.1, 0.15) is 30.6 Å². The van der Waals surface area contributed by atoms with E-state index in [4.69, 9.17) is 4.74 Å². The molecule has 1 amide bonds. The van der Waals surface area contributed by atoms with Gasteiger partial charge < -0.3 is 9.64 Å². The summed E-state index contributed by atoms with van der Waals surface area (Å²) in [5.74, 6) is 0.102. The summed E-state index contributed by atoms with van der Waals surface area (Å²) in [7, 11) is 0. The largest absolute Gasteiger partial charge is 0.373 e. The molecule has 0 spiro atoms. The summed E-state index contributed by atoms with van der Waals surface area (Å²) in [6, 6.07) is 22.6. The number of amides is 1. The minimum atomic E-state index is -0.156. The lowest BCUT2D eigenvalue weighted by atomic mass is 9.95. The van der Waals surface area contributed by atoms with Gasteiger partial charge in [-0.25, -0.2) is 0 Å². The normalized spacial score (nSPS) is 16.3. The van der Waals surface area contributed by atoms with Crippen LogP contribution in [0.25, 0.3) is 10.8 Å². The van der Waals surface area contributed by atoms with E-state index in [1.165, 1.54) is 5.56 Å². The van der Waals surface area contributed by atoms with Crippen molar-refractivity contribution in [2.24, 2.45) is 0 Å². The Labute approximate surface area is 154 Å². The van der Waals surface area contributed by atoms with Crippen molar-refractivity contribution < 1.29 is 9.53 Å². The zero-order valence-electron chi connectivity index (χ0n) is 15.0. The van der Waals surface area contributed by atoms with Crippen LogP contribution in [0.15, 0.2) is 66.7 Å². The monoisotopic (exact) mass is 345 g/mol. The van der Waals surface area contributed by atoms with Crippen molar-refractivity contribution in [3.63, 3.8) is 0 Å². The second-order valence-electron chi connectivity index (χ2n) is 6.65. The minimum Gasteiger partial charge on any atom is -0.373 e. The molecule has 1 aliphatic rings. The predicted octanol–water partition coefficient (Wildman–Crippen LogP) is 4.90. The van der Waals surface area contributed by atoms with Gasteiger partial charge >= 0.3 is 0 Å². The van der Waals surface area contributed by atoms with Gasteiger partial charge in [0.2, 0.25) is 5.91 Å². The number of fused-ring (bicyclic) bond motifs is 2. The van der Waals surface area contributed by atoms with Gasteiger partial charge in [-0.2, -0.15) is 0 Å². The number of hydrogen-bond acceptors (Lipinski definition) is 2. The number of nitrogens with zero attached hydrogens (tertiary/aromatic N) is 1. The molecule has 0 fully saturated rings. The van der Waals surface area contributed by atoms with Crippen molar-refractivity contribution in [3.8, 4) is 0 Å². The molecule has 3 aromatic rings. The average molecular weight is 345 g/mol. The smallest absolute Gasteiger partial charge is 0.229 e. The van der Waals surface area contributed by atoms with Crippen LogP contribution in [-0.2, 0) is 16.0 Å². The Kier molecular flexibility index (Phi) is 4.72. The Balaban J connectivity index is 1.63. The summed E-state index contributed by atoms with van der Waals surface area (Å²) in [4.78, 5) is 15.0. The van der Waals surface area contributed by atoms with Gasteiger partial charge in [-0.1, -0.05) is 60.7 Å². The van der Waals surface area contributed by atoms with Gasteiger partial charge in [-0.15, -0.1) is 0 Å². The van der Waals surface area contributed by atoms with E-state index in [1.54, 1.807) is 0 Å². The van der Waals surface area contributed by atoms with Crippen LogP contribution in [0.2, 0.25) is 0 Å². The standard InChI is InChI=1S/C23H23NO2/c1-2-24(21-13-7-10-17-8-3-5-11-19(17)21)23(25)16-22-20-12-6-4-9-18(20)14-15-26-22/h3-13,22H,2,14-16H2,1H3. The van der Waals surface area contributed by atoms with E-state index in [9.17, 15) is 4.79 Å². The fourth-order valence-electron chi connectivity index (χ4n) is 3.84. The van der Waals surface area contributed by atoms with Gasteiger partial charge in [0.25, 0.3) is 0 Å². The number of carbonyl (C=O) groups excluding carboxylic acids is 1. The quantitative estimate of drug-likeness (QED) is 0.673. The van der Waals surface area contributed by atoms with Gasteiger partial charge in [0, 0.05) is 11.9 Å². The Bertz CT molecular complexity index is 929. The molecule has 132 valence electrons. The zero-order valence-corrected chi connectivity index (χ0v) is 15.0. The lowest BCUT2D eigenvalue weighted by Gasteiger charge is -2.29.